The third-order valence-electron chi connectivity index (χ3n) is 4.00. The zero-order chi connectivity index (χ0) is 17.8. The average Bonchev–Trinajstić information content (AvgIpc) is 2.62. The normalized spacial score (nSPS) is 11.9. The van der Waals surface area contributed by atoms with Crippen LogP contribution in [0.3, 0.4) is 0 Å². The second kappa shape index (κ2) is 7.49. The van der Waals surface area contributed by atoms with Gasteiger partial charge in [-0.2, -0.15) is 0 Å². The number of rotatable bonds is 5. The third-order valence-corrected chi connectivity index (χ3v) is 4.77. The lowest BCUT2D eigenvalue weighted by atomic mass is 10.0. The molecule has 0 radical (unpaired) electrons. The molecule has 126 valence electrons. The number of nitrogens with one attached hydrogen (secondary N) is 1. The van der Waals surface area contributed by atoms with Crippen molar-refractivity contribution in [2.45, 2.75) is 12.5 Å². The van der Waals surface area contributed by atoms with E-state index in [0.717, 1.165) is 20.8 Å². The largest absolute Gasteiger partial charge is 0.480 e. The summed E-state index contributed by atoms with van der Waals surface area (Å²) in [5.74, 6) is -1.46. The number of hydrogen-bond donors (Lipinski definition) is 2. The first-order chi connectivity index (χ1) is 12.0. The summed E-state index contributed by atoms with van der Waals surface area (Å²) in [4.78, 5) is 24.1. The van der Waals surface area contributed by atoms with Gasteiger partial charge in [0, 0.05) is 16.5 Å². The summed E-state index contributed by atoms with van der Waals surface area (Å²) in [5, 5.41) is 14.0. The van der Waals surface area contributed by atoms with Gasteiger partial charge in [0.15, 0.2) is 0 Å². The van der Waals surface area contributed by atoms with Crippen molar-refractivity contribution in [3.8, 4) is 0 Å². The lowest BCUT2D eigenvalue weighted by Crippen LogP contribution is -2.42. The van der Waals surface area contributed by atoms with E-state index in [1.165, 1.54) is 0 Å². The topological polar surface area (TPSA) is 66.4 Å². The maximum atomic E-state index is 12.5. The van der Waals surface area contributed by atoms with E-state index in [1.54, 1.807) is 12.1 Å². The van der Waals surface area contributed by atoms with Crippen LogP contribution in [-0.2, 0) is 11.2 Å². The van der Waals surface area contributed by atoms with E-state index in [1.807, 2.05) is 54.6 Å². The van der Waals surface area contributed by atoms with Crippen LogP contribution in [0.25, 0.3) is 10.8 Å². The molecule has 5 heteroatoms. The van der Waals surface area contributed by atoms with Gasteiger partial charge in [-0.05, 0) is 34.5 Å². The fraction of sp³-hybridized carbons (Fsp3) is 0.100. The summed E-state index contributed by atoms with van der Waals surface area (Å²) in [5.41, 5.74) is 1.27. The molecule has 1 amide bonds. The van der Waals surface area contributed by atoms with Crippen molar-refractivity contribution < 1.29 is 14.7 Å². The minimum Gasteiger partial charge on any atom is -0.480 e. The zero-order valence-corrected chi connectivity index (χ0v) is 14.9. The van der Waals surface area contributed by atoms with Gasteiger partial charge >= 0.3 is 5.97 Å². The smallest absolute Gasteiger partial charge is 0.326 e. The molecule has 3 aromatic rings. The second-order valence-electron chi connectivity index (χ2n) is 5.72. The molecule has 4 nitrogen and oxygen atoms in total. The van der Waals surface area contributed by atoms with E-state index in [4.69, 9.17) is 0 Å². The van der Waals surface area contributed by atoms with Crippen LogP contribution < -0.4 is 5.32 Å². The molecule has 0 aliphatic carbocycles. The molecule has 0 spiro atoms. The summed E-state index contributed by atoms with van der Waals surface area (Å²) in [6.45, 7) is 0. The second-order valence-corrected chi connectivity index (χ2v) is 6.58. The van der Waals surface area contributed by atoms with Gasteiger partial charge in [-0.15, -0.1) is 0 Å². The Morgan fingerprint density at radius 3 is 2.36 bits per heavy atom. The van der Waals surface area contributed by atoms with Crippen molar-refractivity contribution in [1.82, 2.24) is 5.32 Å². The van der Waals surface area contributed by atoms with Gasteiger partial charge in [-0.25, -0.2) is 4.79 Å². The van der Waals surface area contributed by atoms with Crippen LogP contribution in [0.15, 0.2) is 71.2 Å². The standard InChI is InChI=1S/C20H16BrNO3/c21-17-8-4-3-7-15(17)12-18(20(24)25)22-19(23)16-10-9-13-5-1-2-6-14(13)11-16/h1-11,18H,12H2,(H,22,23)(H,24,25)/t18-/m0/s1. The van der Waals surface area contributed by atoms with E-state index in [2.05, 4.69) is 21.2 Å². The highest BCUT2D eigenvalue weighted by Gasteiger charge is 2.22. The lowest BCUT2D eigenvalue weighted by molar-refractivity contribution is -0.139. The Bertz CT molecular complexity index is 939. The SMILES string of the molecule is O=C(N[C@@H](Cc1ccccc1Br)C(=O)O)c1ccc2ccccc2c1. The van der Waals surface area contributed by atoms with Crippen LogP contribution >= 0.6 is 15.9 Å². The van der Waals surface area contributed by atoms with E-state index in [0.29, 0.717) is 5.56 Å². The van der Waals surface area contributed by atoms with Crippen molar-refractivity contribution in [3.63, 3.8) is 0 Å². The van der Waals surface area contributed by atoms with Crippen molar-refractivity contribution in [1.29, 1.82) is 0 Å². The van der Waals surface area contributed by atoms with Gasteiger partial charge in [-0.3, -0.25) is 4.79 Å². The fourth-order valence-corrected chi connectivity index (χ4v) is 3.10. The van der Waals surface area contributed by atoms with Gasteiger partial charge in [0.1, 0.15) is 6.04 Å². The van der Waals surface area contributed by atoms with E-state index >= 15 is 0 Å². The Morgan fingerprint density at radius 1 is 0.960 bits per heavy atom. The molecule has 3 aromatic carbocycles. The minimum atomic E-state index is -1.06. The highest BCUT2D eigenvalue weighted by molar-refractivity contribution is 9.10. The highest BCUT2D eigenvalue weighted by atomic mass is 79.9. The maximum absolute atomic E-state index is 12.5. The number of halogens is 1. The molecule has 0 aliphatic rings. The van der Waals surface area contributed by atoms with Gasteiger partial charge in [0.25, 0.3) is 5.91 Å². The molecule has 0 aliphatic heterocycles. The Labute approximate surface area is 153 Å². The molecule has 1 atom stereocenters. The van der Waals surface area contributed by atoms with Crippen molar-refractivity contribution in [3.05, 3.63) is 82.3 Å². The summed E-state index contributed by atoms with van der Waals surface area (Å²) >= 11 is 3.41. The van der Waals surface area contributed by atoms with Gasteiger partial charge in [0.05, 0.1) is 0 Å². The summed E-state index contributed by atoms with van der Waals surface area (Å²) in [7, 11) is 0. The molecule has 2 N–H and O–H groups in total. The average molecular weight is 398 g/mol. The van der Waals surface area contributed by atoms with Crippen LogP contribution in [0.5, 0.6) is 0 Å². The molecule has 0 heterocycles. The number of carbonyl (C=O) groups is 2. The number of carboxylic acid groups (broad SMARTS) is 1. The Kier molecular flexibility index (Phi) is 5.14. The maximum Gasteiger partial charge on any atom is 0.326 e. The Morgan fingerprint density at radius 2 is 1.64 bits per heavy atom. The van der Waals surface area contributed by atoms with E-state index in [9.17, 15) is 14.7 Å². The predicted molar refractivity (Wildman–Crippen MR) is 101 cm³/mol. The molecule has 0 fully saturated rings. The molecule has 0 aromatic heterocycles. The van der Waals surface area contributed by atoms with Crippen LogP contribution in [0.2, 0.25) is 0 Å². The molecule has 0 saturated heterocycles. The molecule has 3 rings (SSSR count). The number of fused-ring (bicyclic) bond motifs is 1. The predicted octanol–water partition coefficient (Wildman–Crippen LogP) is 4.03. The first-order valence-corrected chi connectivity index (χ1v) is 8.60. The molecule has 0 unspecified atom stereocenters. The highest BCUT2D eigenvalue weighted by Crippen LogP contribution is 2.19. The van der Waals surface area contributed by atoms with Gasteiger partial charge in [-0.1, -0.05) is 64.5 Å². The molecule has 0 saturated carbocycles. The van der Waals surface area contributed by atoms with Crippen molar-refractivity contribution >= 4 is 38.6 Å². The monoisotopic (exact) mass is 397 g/mol. The van der Waals surface area contributed by atoms with Crippen LogP contribution in [0, 0.1) is 0 Å². The number of carboxylic acids is 1. The first-order valence-electron chi connectivity index (χ1n) is 7.80. The minimum absolute atomic E-state index is 0.204. The van der Waals surface area contributed by atoms with Crippen molar-refractivity contribution in [2.75, 3.05) is 0 Å². The molecular weight excluding hydrogens is 382 g/mol. The van der Waals surface area contributed by atoms with Gasteiger partial charge in [0.2, 0.25) is 0 Å². The number of amides is 1. The van der Waals surface area contributed by atoms with Crippen LogP contribution in [0.1, 0.15) is 15.9 Å². The number of aliphatic carboxylic acids is 1. The Balaban J connectivity index is 1.80. The quantitative estimate of drug-likeness (QED) is 0.682. The van der Waals surface area contributed by atoms with Gasteiger partial charge < -0.3 is 10.4 Å². The number of hydrogen-bond acceptors (Lipinski definition) is 2. The Hall–Kier alpha value is -2.66. The summed E-state index contributed by atoms with van der Waals surface area (Å²) in [6, 6.07) is 19.4. The number of carbonyl (C=O) groups excluding carboxylic acids is 1. The third kappa shape index (κ3) is 4.06. The summed E-state index contributed by atoms with van der Waals surface area (Å²) in [6.07, 6.45) is 0.204. The lowest BCUT2D eigenvalue weighted by Gasteiger charge is -2.16. The molecular formula is C20H16BrNO3. The zero-order valence-electron chi connectivity index (χ0n) is 13.3. The van der Waals surface area contributed by atoms with Crippen molar-refractivity contribution in [2.24, 2.45) is 0 Å². The van der Waals surface area contributed by atoms with Crippen LogP contribution in [-0.4, -0.2) is 23.0 Å². The van der Waals surface area contributed by atoms with Crippen LogP contribution in [0.4, 0.5) is 0 Å². The van der Waals surface area contributed by atoms with E-state index < -0.39 is 17.9 Å². The fourth-order valence-electron chi connectivity index (χ4n) is 2.66. The van der Waals surface area contributed by atoms with E-state index in [-0.39, 0.29) is 6.42 Å². The first kappa shape index (κ1) is 17.2. The number of benzene rings is 3. The summed E-state index contributed by atoms with van der Waals surface area (Å²) < 4.78 is 0.821. The molecule has 25 heavy (non-hydrogen) atoms. The molecule has 0 bridgehead atoms.